The molecule has 0 amide bonds. The standard InChI is InChI=1S/C22H27O3P/c1-14-10-16(3)21(17(4)11-14)22(24)19(13-20(23)25-26)15(2)12-18-8-6-5-7-9-18/h5-11,15,19H,12-13,26H2,1-4H3. The second-order valence-corrected chi connectivity index (χ2v) is 7.34. The normalized spacial score (nSPS) is 13.1. The molecule has 2 aromatic rings. The monoisotopic (exact) mass is 370 g/mol. The Kier molecular flexibility index (Phi) is 7.11. The average molecular weight is 370 g/mol. The van der Waals surface area contributed by atoms with Gasteiger partial charge in [0.05, 0.1) is 15.9 Å². The number of rotatable bonds is 7. The zero-order valence-electron chi connectivity index (χ0n) is 15.9. The Morgan fingerprint density at radius 2 is 1.62 bits per heavy atom. The Morgan fingerprint density at radius 1 is 1.04 bits per heavy atom. The van der Waals surface area contributed by atoms with Crippen LogP contribution in [0.5, 0.6) is 0 Å². The summed E-state index contributed by atoms with van der Waals surface area (Å²) < 4.78 is 4.77. The molecule has 0 N–H and O–H groups in total. The van der Waals surface area contributed by atoms with Crippen molar-refractivity contribution in [3.8, 4) is 0 Å². The van der Waals surface area contributed by atoms with E-state index in [-0.39, 0.29) is 24.1 Å². The Balaban J connectivity index is 2.34. The molecule has 3 atom stereocenters. The molecule has 0 saturated carbocycles. The topological polar surface area (TPSA) is 43.4 Å². The van der Waals surface area contributed by atoms with E-state index >= 15 is 0 Å². The zero-order valence-corrected chi connectivity index (χ0v) is 17.1. The van der Waals surface area contributed by atoms with Crippen LogP contribution in [0.3, 0.4) is 0 Å². The Hall–Kier alpha value is -1.99. The van der Waals surface area contributed by atoms with Gasteiger partial charge in [-0.3, -0.25) is 9.59 Å². The smallest absolute Gasteiger partial charge is 0.308 e. The van der Waals surface area contributed by atoms with Crippen molar-refractivity contribution < 1.29 is 14.1 Å². The summed E-state index contributed by atoms with van der Waals surface area (Å²) in [6.07, 6.45) is 0.828. The molecule has 0 aliphatic rings. The van der Waals surface area contributed by atoms with Gasteiger partial charge in [0.25, 0.3) is 0 Å². The first kappa shape index (κ1) is 20.3. The van der Waals surface area contributed by atoms with Crippen LogP contribution in [0.1, 0.15) is 46.0 Å². The number of aryl methyl sites for hydroxylation is 3. The lowest BCUT2D eigenvalue weighted by Crippen LogP contribution is -2.28. The molecule has 3 nitrogen and oxygen atoms in total. The molecule has 3 unspecified atom stereocenters. The molecule has 0 aromatic heterocycles. The molecule has 0 aliphatic carbocycles. The van der Waals surface area contributed by atoms with Crippen molar-refractivity contribution in [1.29, 1.82) is 0 Å². The molecule has 0 heterocycles. The van der Waals surface area contributed by atoms with Gasteiger partial charge in [0, 0.05) is 11.5 Å². The highest BCUT2D eigenvalue weighted by Crippen LogP contribution is 2.28. The third kappa shape index (κ3) is 5.02. The first-order valence-electron chi connectivity index (χ1n) is 8.89. The van der Waals surface area contributed by atoms with Crippen LogP contribution in [0.2, 0.25) is 0 Å². The van der Waals surface area contributed by atoms with Gasteiger partial charge in [-0.2, -0.15) is 0 Å². The minimum atomic E-state index is -0.414. The van der Waals surface area contributed by atoms with E-state index in [1.807, 2.05) is 67.5 Å². The van der Waals surface area contributed by atoms with Crippen molar-refractivity contribution in [2.75, 3.05) is 0 Å². The van der Waals surface area contributed by atoms with E-state index in [0.29, 0.717) is 0 Å². The highest BCUT2D eigenvalue weighted by molar-refractivity contribution is 7.10. The summed E-state index contributed by atoms with van der Waals surface area (Å²) in [4.78, 5) is 25.3. The van der Waals surface area contributed by atoms with Crippen LogP contribution in [0.4, 0.5) is 0 Å². The van der Waals surface area contributed by atoms with Gasteiger partial charge in [0.1, 0.15) is 0 Å². The molecule has 26 heavy (non-hydrogen) atoms. The number of carbonyl (C=O) groups is 2. The van der Waals surface area contributed by atoms with E-state index in [0.717, 1.165) is 34.2 Å². The molecule has 138 valence electrons. The lowest BCUT2D eigenvalue weighted by atomic mass is 9.79. The van der Waals surface area contributed by atoms with Gasteiger partial charge in [-0.1, -0.05) is 55.0 Å². The summed E-state index contributed by atoms with van der Waals surface area (Å²) in [5.41, 5.74) is 4.95. The maximum Gasteiger partial charge on any atom is 0.308 e. The third-order valence-corrected chi connectivity index (χ3v) is 5.13. The fourth-order valence-corrected chi connectivity index (χ4v) is 3.76. The van der Waals surface area contributed by atoms with E-state index in [2.05, 4.69) is 12.1 Å². The first-order valence-corrected chi connectivity index (χ1v) is 9.36. The molecular formula is C22H27O3P. The minimum absolute atomic E-state index is 0.0223. The number of ketones is 1. The zero-order chi connectivity index (χ0) is 19.3. The predicted molar refractivity (Wildman–Crippen MR) is 108 cm³/mol. The molecule has 0 radical (unpaired) electrons. The van der Waals surface area contributed by atoms with Gasteiger partial charge in [-0.25, -0.2) is 0 Å². The van der Waals surface area contributed by atoms with Crippen molar-refractivity contribution in [1.82, 2.24) is 0 Å². The number of hydrogen-bond donors (Lipinski definition) is 0. The average Bonchev–Trinajstić information content (AvgIpc) is 2.59. The van der Waals surface area contributed by atoms with Crippen LogP contribution in [-0.2, 0) is 15.7 Å². The number of hydrogen-bond acceptors (Lipinski definition) is 3. The molecule has 0 fully saturated rings. The van der Waals surface area contributed by atoms with Crippen molar-refractivity contribution in [2.45, 2.75) is 40.5 Å². The summed E-state index contributed by atoms with van der Waals surface area (Å²) in [5, 5.41) is 0. The molecular weight excluding hydrogens is 343 g/mol. The molecule has 0 saturated heterocycles. The Morgan fingerprint density at radius 3 is 2.15 bits per heavy atom. The number of Topliss-reactive ketones (excluding diaryl/α,β-unsaturated/α-hetero) is 1. The van der Waals surface area contributed by atoms with Crippen LogP contribution < -0.4 is 0 Å². The summed E-state index contributed by atoms with van der Waals surface area (Å²) in [7, 11) is 1.98. The van der Waals surface area contributed by atoms with Crippen LogP contribution in [0.25, 0.3) is 0 Å². The van der Waals surface area contributed by atoms with Gasteiger partial charge >= 0.3 is 5.97 Å². The maximum atomic E-state index is 13.4. The predicted octanol–water partition coefficient (Wildman–Crippen LogP) is 5.01. The van der Waals surface area contributed by atoms with Crippen LogP contribution in [-0.4, -0.2) is 11.8 Å². The quantitative estimate of drug-likeness (QED) is 0.508. The molecule has 0 aliphatic heterocycles. The van der Waals surface area contributed by atoms with E-state index in [9.17, 15) is 9.59 Å². The summed E-state index contributed by atoms with van der Waals surface area (Å²) in [5.74, 6) is -0.744. The van der Waals surface area contributed by atoms with E-state index < -0.39 is 5.92 Å². The summed E-state index contributed by atoms with van der Waals surface area (Å²) in [6.45, 7) is 7.97. The van der Waals surface area contributed by atoms with Crippen molar-refractivity contribution in [2.24, 2.45) is 11.8 Å². The van der Waals surface area contributed by atoms with Crippen LogP contribution in [0.15, 0.2) is 42.5 Å². The summed E-state index contributed by atoms with van der Waals surface area (Å²) in [6, 6.07) is 14.1. The lowest BCUT2D eigenvalue weighted by Gasteiger charge is -2.24. The molecule has 4 heteroatoms. The first-order chi connectivity index (χ1) is 12.3. The van der Waals surface area contributed by atoms with Crippen molar-refractivity contribution in [3.05, 3.63) is 70.3 Å². The van der Waals surface area contributed by atoms with Gasteiger partial charge in [0.2, 0.25) is 0 Å². The largest absolute Gasteiger partial charge is 0.451 e. The minimum Gasteiger partial charge on any atom is -0.451 e. The van der Waals surface area contributed by atoms with Gasteiger partial charge in [0.15, 0.2) is 5.78 Å². The maximum absolute atomic E-state index is 13.4. The van der Waals surface area contributed by atoms with Crippen LogP contribution >= 0.6 is 9.47 Å². The van der Waals surface area contributed by atoms with E-state index in [1.165, 1.54) is 0 Å². The number of benzene rings is 2. The SMILES string of the molecule is Cc1cc(C)c(C(=O)C(CC(=O)OP)C(C)Cc2ccccc2)c(C)c1. The second-order valence-electron chi connectivity index (χ2n) is 7.11. The molecule has 2 rings (SSSR count). The van der Waals surface area contributed by atoms with Crippen LogP contribution in [0, 0.1) is 32.6 Å². The van der Waals surface area contributed by atoms with Gasteiger partial charge in [-0.15, -0.1) is 0 Å². The lowest BCUT2D eigenvalue weighted by molar-refractivity contribution is -0.134. The van der Waals surface area contributed by atoms with E-state index in [1.54, 1.807) is 0 Å². The number of carbonyl (C=O) groups excluding carboxylic acids is 2. The van der Waals surface area contributed by atoms with Crippen molar-refractivity contribution in [3.63, 3.8) is 0 Å². The summed E-state index contributed by atoms with van der Waals surface area (Å²) >= 11 is 0. The van der Waals surface area contributed by atoms with Gasteiger partial charge < -0.3 is 4.52 Å². The highest BCUT2D eigenvalue weighted by Gasteiger charge is 2.30. The van der Waals surface area contributed by atoms with E-state index in [4.69, 9.17) is 4.52 Å². The highest BCUT2D eigenvalue weighted by atomic mass is 31.0. The van der Waals surface area contributed by atoms with Gasteiger partial charge in [-0.05, 0) is 49.8 Å². The molecule has 0 spiro atoms. The molecule has 0 bridgehead atoms. The fourth-order valence-electron chi connectivity index (χ4n) is 3.66. The molecule has 2 aromatic carbocycles. The Labute approximate surface area is 158 Å². The Bertz CT molecular complexity index is 760. The third-order valence-electron chi connectivity index (χ3n) is 4.87. The van der Waals surface area contributed by atoms with Crippen molar-refractivity contribution >= 4 is 21.2 Å². The second kappa shape index (κ2) is 9.09. The fraction of sp³-hybridized carbons (Fsp3) is 0.364.